The average molecular weight is 347 g/mol. The summed E-state index contributed by atoms with van der Waals surface area (Å²) in [6, 6.07) is 12.1. The molecule has 1 aromatic carbocycles. The molecule has 3 rings (SSSR count). The highest BCUT2D eigenvalue weighted by molar-refractivity contribution is 6.35. The highest BCUT2D eigenvalue weighted by Crippen LogP contribution is 2.29. The predicted octanol–water partition coefficient (Wildman–Crippen LogP) is 6.05. The van der Waals surface area contributed by atoms with E-state index >= 15 is 0 Å². The highest BCUT2D eigenvalue weighted by Gasteiger charge is 2.08. The van der Waals surface area contributed by atoms with Crippen molar-refractivity contribution in [2.45, 2.75) is 6.92 Å². The van der Waals surface area contributed by atoms with Crippen molar-refractivity contribution in [3.63, 3.8) is 0 Å². The van der Waals surface area contributed by atoms with E-state index in [9.17, 15) is 4.79 Å². The molecule has 0 amide bonds. The van der Waals surface area contributed by atoms with E-state index in [0.717, 1.165) is 5.56 Å². The van der Waals surface area contributed by atoms with Gasteiger partial charge < -0.3 is 8.83 Å². The van der Waals surface area contributed by atoms with E-state index in [1.165, 1.54) is 6.08 Å². The first-order valence-electron chi connectivity index (χ1n) is 6.86. The van der Waals surface area contributed by atoms with Gasteiger partial charge in [0.15, 0.2) is 5.76 Å². The van der Waals surface area contributed by atoms with Crippen molar-refractivity contribution in [1.82, 2.24) is 0 Å². The Morgan fingerprint density at radius 2 is 1.74 bits per heavy atom. The fourth-order valence-electron chi connectivity index (χ4n) is 2.10. The van der Waals surface area contributed by atoms with Crippen LogP contribution in [0.4, 0.5) is 0 Å². The second-order valence-corrected chi connectivity index (χ2v) is 5.84. The number of allylic oxidation sites excluding steroid dienone is 1. The topological polar surface area (TPSA) is 43.4 Å². The molecule has 0 radical (unpaired) electrons. The van der Waals surface area contributed by atoms with Crippen LogP contribution in [0.15, 0.2) is 57.4 Å². The maximum absolute atomic E-state index is 11.9. The Morgan fingerprint density at radius 3 is 2.39 bits per heavy atom. The minimum atomic E-state index is -0.221. The molecule has 2 aromatic heterocycles. The third-order valence-corrected chi connectivity index (χ3v) is 3.59. The Labute approximate surface area is 143 Å². The number of rotatable bonds is 4. The Balaban J connectivity index is 1.79. The van der Waals surface area contributed by atoms with Gasteiger partial charge in [0.2, 0.25) is 5.78 Å². The van der Waals surface area contributed by atoms with Gasteiger partial charge in [-0.05, 0) is 61.5 Å². The van der Waals surface area contributed by atoms with E-state index in [-0.39, 0.29) is 5.78 Å². The first-order chi connectivity index (χ1) is 11.0. The minimum Gasteiger partial charge on any atom is -0.458 e. The van der Waals surface area contributed by atoms with Crippen molar-refractivity contribution in [2.75, 3.05) is 0 Å². The number of halogens is 2. The van der Waals surface area contributed by atoms with Crippen molar-refractivity contribution >= 4 is 35.1 Å². The van der Waals surface area contributed by atoms with Crippen molar-refractivity contribution in [3.8, 4) is 11.3 Å². The molecular weight excluding hydrogens is 335 g/mol. The lowest BCUT2D eigenvalue weighted by atomic mass is 10.2. The van der Waals surface area contributed by atoms with Crippen molar-refractivity contribution < 1.29 is 13.6 Å². The van der Waals surface area contributed by atoms with Crippen LogP contribution < -0.4 is 0 Å². The van der Waals surface area contributed by atoms with Gasteiger partial charge in [0, 0.05) is 15.6 Å². The molecule has 23 heavy (non-hydrogen) atoms. The number of aryl methyl sites for hydroxylation is 1. The average Bonchev–Trinajstić information content (AvgIpc) is 3.12. The second kappa shape index (κ2) is 6.49. The van der Waals surface area contributed by atoms with Crippen molar-refractivity contribution in [2.24, 2.45) is 0 Å². The lowest BCUT2D eigenvalue weighted by Gasteiger charge is -1.99. The zero-order valence-electron chi connectivity index (χ0n) is 12.2. The van der Waals surface area contributed by atoms with Gasteiger partial charge in [0.1, 0.15) is 17.3 Å². The van der Waals surface area contributed by atoms with Gasteiger partial charge in [-0.2, -0.15) is 0 Å². The highest BCUT2D eigenvalue weighted by atomic mass is 35.5. The summed E-state index contributed by atoms with van der Waals surface area (Å²) in [5.74, 6) is 1.94. The summed E-state index contributed by atoms with van der Waals surface area (Å²) in [5, 5.41) is 1.06. The number of hydrogen-bond acceptors (Lipinski definition) is 3. The number of furan rings is 2. The Morgan fingerprint density at radius 1 is 1.00 bits per heavy atom. The molecule has 0 spiro atoms. The van der Waals surface area contributed by atoms with Gasteiger partial charge in [-0.3, -0.25) is 4.79 Å². The van der Waals surface area contributed by atoms with Crippen molar-refractivity contribution in [1.29, 1.82) is 0 Å². The summed E-state index contributed by atoms with van der Waals surface area (Å²) in [5.41, 5.74) is 0.773. The molecule has 0 N–H and O–H groups in total. The molecule has 116 valence electrons. The van der Waals surface area contributed by atoms with Gasteiger partial charge >= 0.3 is 0 Å². The lowest BCUT2D eigenvalue weighted by molar-refractivity contribution is 0.102. The molecule has 2 heterocycles. The van der Waals surface area contributed by atoms with Crippen LogP contribution in [0.5, 0.6) is 0 Å². The van der Waals surface area contributed by atoms with Crippen LogP contribution >= 0.6 is 23.2 Å². The summed E-state index contributed by atoms with van der Waals surface area (Å²) >= 11 is 12.0. The Kier molecular flexibility index (Phi) is 4.42. The zero-order valence-corrected chi connectivity index (χ0v) is 13.7. The maximum Gasteiger partial charge on any atom is 0.221 e. The molecule has 0 saturated carbocycles. The van der Waals surface area contributed by atoms with Gasteiger partial charge in [-0.25, -0.2) is 0 Å². The fraction of sp³-hybridized carbons (Fsp3) is 0.0556. The van der Waals surface area contributed by atoms with Crippen LogP contribution in [0.1, 0.15) is 22.1 Å². The largest absolute Gasteiger partial charge is 0.458 e. The number of carbonyl (C=O) groups is 1. The zero-order chi connectivity index (χ0) is 16.4. The first kappa shape index (κ1) is 15.7. The monoisotopic (exact) mass is 346 g/mol. The van der Waals surface area contributed by atoms with E-state index in [1.807, 2.05) is 0 Å². The first-order valence-corrected chi connectivity index (χ1v) is 7.62. The van der Waals surface area contributed by atoms with Crippen LogP contribution in [0.2, 0.25) is 10.0 Å². The van der Waals surface area contributed by atoms with Crippen LogP contribution in [0.25, 0.3) is 17.4 Å². The molecule has 0 aliphatic rings. The lowest BCUT2D eigenvalue weighted by Crippen LogP contribution is -1.90. The van der Waals surface area contributed by atoms with Crippen LogP contribution in [0, 0.1) is 6.92 Å². The molecular formula is C18H12Cl2O3. The SMILES string of the molecule is Cc1ccc(C(=O)/C=C/c2ccc(-c3cc(Cl)cc(Cl)c3)o2)o1. The molecule has 3 aromatic rings. The van der Waals surface area contributed by atoms with Gasteiger partial charge in [-0.15, -0.1) is 0 Å². The Bertz CT molecular complexity index is 867. The number of hydrogen-bond donors (Lipinski definition) is 0. The van der Waals surface area contributed by atoms with Crippen molar-refractivity contribution in [3.05, 3.63) is 75.9 Å². The van der Waals surface area contributed by atoms with E-state index in [1.54, 1.807) is 55.5 Å². The normalized spacial score (nSPS) is 11.3. The number of benzene rings is 1. The standard InChI is InChI=1S/C18H12Cl2O3/c1-11-2-6-18(22-11)16(21)5-3-15-4-7-17(23-15)12-8-13(19)10-14(20)9-12/h2-10H,1H3/b5-3+. The smallest absolute Gasteiger partial charge is 0.221 e. The molecule has 3 nitrogen and oxygen atoms in total. The molecule has 0 aliphatic carbocycles. The summed E-state index contributed by atoms with van der Waals surface area (Å²) in [7, 11) is 0. The molecule has 0 unspecified atom stereocenters. The molecule has 0 atom stereocenters. The maximum atomic E-state index is 11.9. The van der Waals surface area contributed by atoms with Crippen LogP contribution in [-0.4, -0.2) is 5.78 Å². The number of ketones is 1. The molecule has 0 fully saturated rings. The molecule has 0 bridgehead atoms. The third kappa shape index (κ3) is 3.76. The summed E-state index contributed by atoms with van der Waals surface area (Å²) in [4.78, 5) is 11.9. The number of carbonyl (C=O) groups excluding carboxylic acids is 1. The van der Waals surface area contributed by atoms with E-state index in [2.05, 4.69) is 0 Å². The van der Waals surface area contributed by atoms with E-state index in [4.69, 9.17) is 32.0 Å². The Hall–Kier alpha value is -2.23. The third-order valence-electron chi connectivity index (χ3n) is 3.16. The second-order valence-electron chi connectivity index (χ2n) is 4.97. The molecule has 0 saturated heterocycles. The predicted molar refractivity (Wildman–Crippen MR) is 91.0 cm³/mol. The minimum absolute atomic E-state index is 0.221. The molecule has 5 heteroatoms. The van der Waals surface area contributed by atoms with E-state index < -0.39 is 0 Å². The van der Waals surface area contributed by atoms with Gasteiger partial charge in [0.05, 0.1) is 0 Å². The summed E-state index contributed by atoms with van der Waals surface area (Å²) in [6.07, 6.45) is 3.00. The van der Waals surface area contributed by atoms with Gasteiger partial charge in [-0.1, -0.05) is 23.2 Å². The summed E-state index contributed by atoms with van der Waals surface area (Å²) in [6.45, 7) is 1.79. The van der Waals surface area contributed by atoms with Crippen LogP contribution in [-0.2, 0) is 0 Å². The van der Waals surface area contributed by atoms with E-state index in [0.29, 0.717) is 33.1 Å². The quantitative estimate of drug-likeness (QED) is 0.426. The van der Waals surface area contributed by atoms with Crippen LogP contribution in [0.3, 0.4) is 0 Å². The molecule has 0 aliphatic heterocycles. The van der Waals surface area contributed by atoms with Gasteiger partial charge in [0.25, 0.3) is 0 Å². The summed E-state index contributed by atoms with van der Waals surface area (Å²) < 4.78 is 11.0. The fourth-order valence-corrected chi connectivity index (χ4v) is 2.63.